The van der Waals surface area contributed by atoms with Crippen molar-refractivity contribution in [3.05, 3.63) is 53.9 Å². The number of rotatable bonds is 4. The average molecular weight is 353 g/mol. The Labute approximate surface area is 146 Å². The number of nitrogens with one attached hydrogen (secondary N) is 1. The molecule has 3 aromatic rings. The van der Waals surface area contributed by atoms with E-state index >= 15 is 0 Å². The van der Waals surface area contributed by atoms with E-state index in [0.29, 0.717) is 17.1 Å². The van der Waals surface area contributed by atoms with Gasteiger partial charge in [-0.15, -0.1) is 0 Å². The Balaban J connectivity index is 1.65. The summed E-state index contributed by atoms with van der Waals surface area (Å²) in [6.45, 7) is 0.0843. The second-order valence-electron chi connectivity index (χ2n) is 5.30. The first kappa shape index (κ1) is 15.6. The highest BCUT2D eigenvalue weighted by Crippen LogP contribution is 2.33. The van der Waals surface area contributed by atoms with Crippen molar-refractivity contribution in [2.24, 2.45) is 0 Å². The lowest BCUT2D eigenvalue weighted by atomic mass is 10.1. The Morgan fingerprint density at radius 3 is 2.62 bits per heavy atom. The summed E-state index contributed by atoms with van der Waals surface area (Å²) in [4.78, 5) is 28.0. The highest BCUT2D eigenvalue weighted by atomic mass is 16.7. The van der Waals surface area contributed by atoms with Gasteiger partial charge in [0.15, 0.2) is 17.1 Å². The van der Waals surface area contributed by atoms with Crippen molar-refractivity contribution in [3.63, 3.8) is 0 Å². The molecule has 4 rings (SSSR count). The summed E-state index contributed by atoms with van der Waals surface area (Å²) >= 11 is 0. The van der Waals surface area contributed by atoms with Crippen LogP contribution in [0.4, 0.5) is 5.88 Å². The molecule has 0 saturated heterocycles. The number of carboxylic acids is 1. The van der Waals surface area contributed by atoms with Crippen molar-refractivity contribution in [2.75, 3.05) is 12.1 Å². The molecule has 0 unspecified atom stereocenters. The van der Waals surface area contributed by atoms with Gasteiger partial charge in [-0.1, -0.05) is 5.16 Å². The van der Waals surface area contributed by atoms with E-state index in [0.717, 1.165) is 0 Å². The number of amides is 1. The number of anilines is 1. The molecule has 0 fully saturated rings. The summed E-state index contributed by atoms with van der Waals surface area (Å²) in [6, 6.07) is 7.81. The van der Waals surface area contributed by atoms with E-state index in [9.17, 15) is 14.7 Å². The number of carbonyl (C=O) groups excluding carboxylic acids is 1. The highest BCUT2D eigenvalue weighted by Gasteiger charge is 2.26. The van der Waals surface area contributed by atoms with Gasteiger partial charge in [-0.25, -0.2) is 4.79 Å². The first-order valence-corrected chi connectivity index (χ1v) is 7.48. The molecular formula is C17H11N3O6. The van der Waals surface area contributed by atoms with Crippen LogP contribution in [-0.2, 0) is 0 Å². The van der Waals surface area contributed by atoms with Gasteiger partial charge in [-0.3, -0.25) is 15.1 Å². The first-order chi connectivity index (χ1) is 12.6. The fourth-order valence-electron chi connectivity index (χ4n) is 2.49. The minimum Gasteiger partial charge on any atom is -0.477 e. The number of fused-ring (bicyclic) bond motifs is 1. The summed E-state index contributed by atoms with van der Waals surface area (Å²) < 4.78 is 15.5. The lowest BCUT2D eigenvalue weighted by Gasteiger charge is -2.04. The number of ether oxygens (including phenoxy) is 2. The minimum atomic E-state index is -1.28. The smallest absolute Gasteiger partial charge is 0.343 e. The van der Waals surface area contributed by atoms with Gasteiger partial charge in [-0.2, -0.15) is 0 Å². The molecule has 9 heteroatoms. The van der Waals surface area contributed by atoms with Crippen LogP contribution in [0.2, 0.25) is 0 Å². The summed E-state index contributed by atoms with van der Waals surface area (Å²) in [6.07, 6.45) is 3.00. The quantitative estimate of drug-likeness (QED) is 0.733. The summed E-state index contributed by atoms with van der Waals surface area (Å²) in [7, 11) is 0. The third-order valence-corrected chi connectivity index (χ3v) is 3.72. The van der Waals surface area contributed by atoms with E-state index in [2.05, 4.69) is 15.5 Å². The molecule has 1 aliphatic heterocycles. The molecule has 3 heterocycles. The van der Waals surface area contributed by atoms with Crippen LogP contribution >= 0.6 is 0 Å². The lowest BCUT2D eigenvalue weighted by molar-refractivity contribution is 0.0698. The first-order valence-electron chi connectivity index (χ1n) is 7.48. The summed E-state index contributed by atoms with van der Waals surface area (Å²) in [5, 5.41) is 15.7. The molecule has 1 amide bonds. The fraction of sp³-hybridized carbons (Fsp3) is 0.0588. The predicted molar refractivity (Wildman–Crippen MR) is 87.2 cm³/mol. The largest absolute Gasteiger partial charge is 0.477 e. The van der Waals surface area contributed by atoms with Crippen LogP contribution in [0, 0.1) is 0 Å². The van der Waals surface area contributed by atoms with Crippen molar-refractivity contribution >= 4 is 17.8 Å². The summed E-state index contributed by atoms with van der Waals surface area (Å²) in [5.41, 5.74) is 0.614. The molecule has 2 aromatic heterocycles. The predicted octanol–water partition coefficient (Wildman–Crippen LogP) is 2.42. The second-order valence-corrected chi connectivity index (χ2v) is 5.30. The van der Waals surface area contributed by atoms with E-state index in [1.54, 1.807) is 18.2 Å². The van der Waals surface area contributed by atoms with E-state index < -0.39 is 11.9 Å². The van der Waals surface area contributed by atoms with E-state index in [1.807, 2.05) is 0 Å². The molecule has 26 heavy (non-hydrogen) atoms. The van der Waals surface area contributed by atoms with Gasteiger partial charge < -0.3 is 19.1 Å². The van der Waals surface area contributed by atoms with Crippen LogP contribution < -0.4 is 14.8 Å². The van der Waals surface area contributed by atoms with Crippen LogP contribution in [0.1, 0.15) is 20.7 Å². The number of hydrogen-bond donors (Lipinski definition) is 2. The zero-order chi connectivity index (χ0) is 18.1. The normalized spacial score (nSPS) is 12.0. The maximum absolute atomic E-state index is 12.4. The zero-order valence-electron chi connectivity index (χ0n) is 13.1. The van der Waals surface area contributed by atoms with E-state index in [-0.39, 0.29) is 29.5 Å². The molecule has 0 saturated carbocycles. The fourth-order valence-corrected chi connectivity index (χ4v) is 2.49. The van der Waals surface area contributed by atoms with Crippen LogP contribution in [0.3, 0.4) is 0 Å². The Hall–Kier alpha value is -3.88. The Bertz CT molecular complexity index is 999. The van der Waals surface area contributed by atoms with Gasteiger partial charge in [0.05, 0.1) is 0 Å². The van der Waals surface area contributed by atoms with Crippen molar-refractivity contribution in [1.29, 1.82) is 0 Å². The Morgan fingerprint density at radius 1 is 1.08 bits per heavy atom. The van der Waals surface area contributed by atoms with Crippen LogP contribution in [0.5, 0.6) is 11.5 Å². The Kier molecular flexibility index (Phi) is 3.73. The van der Waals surface area contributed by atoms with Crippen LogP contribution in [0.25, 0.3) is 11.3 Å². The SMILES string of the molecule is O=C(Nc1onc(-c2ccncc2)c1C(=O)O)c1ccc2c(c1)OCO2. The molecule has 0 radical (unpaired) electrons. The molecule has 130 valence electrons. The molecule has 0 bridgehead atoms. The van der Waals surface area contributed by atoms with Crippen molar-refractivity contribution in [1.82, 2.24) is 10.1 Å². The standard InChI is InChI=1S/C17H11N3O6/c21-15(10-1-2-11-12(7-10)25-8-24-11)19-16-13(17(22)23)14(20-26-16)9-3-5-18-6-4-9/h1-7H,8H2,(H,19,21)(H,22,23). The molecule has 1 aliphatic rings. The molecule has 0 spiro atoms. The van der Waals surface area contributed by atoms with Gasteiger partial charge in [-0.05, 0) is 30.3 Å². The maximum atomic E-state index is 12.4. The van der Waals surface area contributed by atoms with Gasteiger partial charge in [0.25, 0.3) is 5.91 Å². The van der Waals surface area contributed by atoms with Gasteiger partial charge >= 0.3 is 5.97 Å². The average Bonchev–Trinajstić information content (AvgIpc) is 3.28. The molecule has 0 atom stereocenters. The van der Waals surface area contributed by atoms with Crippen molar-refractivity contribution in [3.8, 4) is 22.8 Å². The number of aromatic nitrogens is 2. The number of carboxylic acid groups (broad SMARTS) is 1. The number of hydrogen-bond acceptors (Lipinski definition) is 7. The van der Waals surface area contributed by atoms with Crippen molar-refractivity contribution in [2.45, 2.75) is 0 Å². The number of carbonyl (C=O) groups is 2. The molecular weight excluding hydrogens is 342 g/mol. The van der Waals surface area contributed by atoms with Crippen molar-refractivity contribution < 1.29 is 28.7 Å². The van der Waals surface area contributed by atoms with Crippen LogP contribution in [0.15, 0.2) is 47.2 Å². The number of aromatic carboxylic acids is 1. The zero-order valence-corrected chi connectivity index (χ0v) is 13.1. The van der Waals surface area contributed by atoms with Crippen LogP contribution in [-0.4, -0.2) is 33.9 Å². The van der Waals surface area contributed by atoms with Gasteiger partial charge in [0.2, 0.25) is 12.7 Å². The summed E-state index contributed by atoms with van der Waals surface area (Å²) in [5.74, 6) is -1.13. The van der Waals surface area contributed by atoms with Gasteiger partial charge in [0.1, 0.15) is 5.69 Å². The minimum absolute atomic E-state index is 0.0843. The Morgan fingerprint density at radius 2 is 1.85 bits per heavy atom. The van der Waals surface area contributed by atoms with E-state index in [1.165, 1.54) is 24.5 Å². The molecule has 1 aromatic carbocycles. The maximum Gasteiger partial charge on any atom is 0.343 e. The monoisotopic (exact) mass is 353 g/mol. The highest BCUT2D eigenvalue weighted by molar-refractivity contribution is 6.08. The third-order valence-electron chi connectivity index (χ3n) is 3.72. The van der Waals surface area contributed by atoms with E-state index in [4.69, 9.17) is 14.0 Å². The van der Waals surface area contributed by atoms with Gasteiger partial charge in [0, 0.05) is 23.5 Å². The number of pyridine rings is 1. The lowest BCUT2D eigenvalue weighted by Crippen LogP contribution is -2.14. The molecule has 9 nitrogen and oxygen atoms in total. The number of benzene rings is 1. The third kappa shape index (κ3) is 2.71. The topological polar surface area (TPSA) is 124 Å². The molecule has 2 N–H and O–H groups in total. The molecule has 0 aliphatic carbocycles. The second kappa shape index (κ2) is 6.20. The number of nitrogens with zero attached hydrogens (tertiary/aromatic N) is 2.